The molecular weight excluding hydrogens is 392 g/mol. The highest BCUT2D eigenvalue weighted by atomic mass is 16.6. The minimum Gasteiger partial charge on any atom is -0.385 e. The van der Waals surface area contributed by atoms with E-state index in [2.05, 4.69) is 24.3 Å². The van der Waals surface area contributed by atoms with Crippen LogP contribution in [-0.4, -0.2) is 21.2 Å². The summed E-state index contributed by atoms with van der Waals surface area (Å²) in [6.45, 7) is 4.84. The average Bonchev–Trinajstić information content (AvgIpc) is 2.78. The van der Waals surface area contributed by atoms with Crippen LogP contribution in [0, 0.1) is 16.0 Å². The van der Waals surface area contributed by atoms with Gasteiger partial charge in [-0.3, -0.25) is 14.9 Å². The quantitative estimate of drug-likeness (QED) is 0.353. The van der Waals surface area contributed by atoms with Crippen LogP contribution in [-0.2, 0) is 0 Å². The van der Waals surface area contributed by atoms with Gasteiger partial charge >= 0.3 is 0 Å². The molecular formula is C24H22N4O3. The van der Waals surface area contributed by atoms with E-state index < -0.39 is 10.5 Å². The molecule has 4 aromatic rings. The van der Waals surface area contributed by atoms with E-state index in [-0.39, 0.29) is 11.4 Å². The molecule has 0 atom stereocenters. The van der Waals surface area contributed by atoms with Crippen molar-refractivity contribution in [2.75, 3.05) is 11.9 Å². The molecule has 0 radical (unpaired) electrons. The molecule has 0 aliphatic rings. The number of nitrogens with zero attached hydrogens (tertiary/aromatic N) is 3. The Labute approximate surface area is 179 Å². The van der Waals surface area contributed by atoms with Crippen molar-refractivity contribution in [1.29, 1.82) is 0 Å². The average molecular weight is 414 g/mol. The second kappa shape index (κ2) is 8.39. The van der Waals surface area contributed by atoms with Crippen molar-refractivity contribution in [3.8, 4) is 16.9 Å². The minimum atomic E-state index is -0.493. The van der Waals surface area contributed by atoms with Crippen LogP contribution in [0.3, 0.4) is 0 Å². The molecule has 3 aromatic carbocycles. The van der Waals surface area contributed by atoms with Crippen molar-refractivity contribution in [1.82, 2.24) is 9.78 Å². The molecule has 0 spiro atoms. The van der Waals surface area contributed by atoms with Crippen LogP contribution >= 0.6 is 0 Å². The number of nitrogens with one attached hydrogen (secondary N) is 1. The van der Waals surface area contributed by atoms with E-state index >= 15 is 0 Å². The van der Waals surface area contributed by atoms with E-state index in [9.17, 15) is 14.9 Å². The summed E-state index contributed by atoms with van der Waals surface area (Å²) in [5, 5.41) is 20.7. The number of nitro groups is 1. The Bertz CT molecular complexity index is 1310. The number of fused-ring (bicyclic) bond motifs is 1. The van der Waals surface area contributed by atoms with Crippen molar-refractivity contribution in [2.45, 2.75) is 13.8 Å². The maximum atomic E-state index is 13.3. The highest BCUT2D eigenvalue weighted by Gasteiger charge is 2.21. The third kappa shape index (κ3) is 4.02. The van der Waals surface area contributed by atoms with Gasteiger partial charge in [0.2, 0.25) is 0 Å². The van der Waals surface area contributed by atoms with Crippen molar-refractivity contribution in [3.05, 3.63) is 93.3 Å². The summed E-state index contributed by atoms with van der Waals surface area (Å²) in [7, 11) is 0. The van der Waals surface area contributed by atoms with Gasteiger partial charge in [0.25, 0.3) is 11.2 Å². The molecule has 0 saturated carbocycles. The first-order valence-electron chi connectivity index (χ1n) is 10.1. The lowest BCUT2D eigenvalue weighted by molar-refractivity contribution is -0.384. The zero-order valence-electron chi connectivity index (χ0n) is 17.3. The Kier molecular flexibility index (Phi) is 5.49. The van der Waals surface area contributed by atoms with Crippen molar-refractivity contribution in [3.63, 3.8) is 0 Å². The highest BCUT2D eigenvalue weighted by Crippen LogP contribution is 2.29. The van der Waals surface area contributed by atoms with E-state index in [1.807, 2.05) is 42.5 Å². The molecule has 0 unspecified atom stereocenters. The summed E-state index contributed by atoms with van der Waals surface area (Å²) in [4.78, 5) is 24.6. The second-order valence-corrected chi connectivity index (χ2v) is 7.71. The van der Waals surface area contributed by atoms with E-state index in [0.717, 1.165) is 10.2 Å². The van der Waals surface area contributed by atoms with Crippen LogP contribution in [0.15, 0.2) is 77.6 Å². The third-order valence-electron chi connectivity index (χ3n) is 4.97. The van der Waals surface area contributed by atoms with Crippen LogP contribution in [0.25, 0.3) is 27.7 Å². The Balaban J connectivity index is 2.00. The molecule has 0 aliphatic carbocycles. The third-order valence-corrected chi connectivity index (χ3v) is 4.97. The fourth-order valence-corrected chi connectivity index (χ4v) is 3.44. The predicted octanol–water partition coefficient (Wildman–Crippen LogP) is 5.03. The van der Waals surface area contributed by atoms with Gasteiger partial charge in [0.05, 0.1) is 16.0 Å². The molecule has 0 saturated heterocycles. The fourth-order valence-electron chi connectivity index (χ4n) is 3.44. The molecule has 0 amide bonds. The second-order valence-electron chi connectivity index (χ2n) is 7.71. The van der Waals surface area contributed by atoms with Gasteiger partial charge in [-0.2, -0.15) is 9.78 Å². The van der Waals surface area contributed by atoms with Crippen molar-refractivity contribution in [2.24, 2.45) is 5.92 Å². The number of hydrogen-bond acceptors (Lipinski definition) is 5. The topological polar surface area (TPSA) is 90.1 Å². The lowest BCUT2D eigenvalue weighted by Crippen LogP contribution is -2.23. The van der Waals surface area contributed by atoms with E-state index in [4.69, 9.17) is 0 Å². The lowest BCUT2D eigenvalue weighted by atomic mass is 10.1. The first kappa shape index (κ1) is 20.3. The van der Waals surface area contributed by atoms with E-state index in [1.165, 1.54) is 6.07 Å². The molecule has 0 fully saturated rings. The maximum absolute atomic E-state index is 13.3. The van der Waals surface area contributed by atoms with Gasteiger partial charge < -0.3 is 5.32 Å². The van der Waals surface area contributed by atoms with Gasteiger partial charge in [-0.1, -0.05) is 62.4 Å². The lowest BCUT2D eigenvalue weighted by Gasteiger charge is -2.14. The molecule has 31 heavy (non-hydrogen) atoms. The molecule has 1 aromatic heterocycles. The zero-order valence-corrected chi connectivity index (χ0v) is 17.3. The molecule has 1 heterocycles. The van der Waals surface area contributed by atoms with Crippen LogP contribution in [0.1, 0.15) is 13.8 Å². The monoisotopic (exact) mass is 414 g/mol. The van der Waals surface area contributed by atoms with Gasteiger partial charge in [0.1, 0.15) is 5.69 Å². The molecule has 1 N–H and O–H groups in total. The maximum Gasteiger partial charge on any atom is 0.295 e. The smallest absolute Gasteiger partial charge is 0.295 e. The van der Waals surface area contributed by atoms with Crippen molar-refractivity contribution >= 4 is 22.1 Å². The summed E-state index contributed by atoms with van der Waals surface area (Å²) in [5.74, 6) is 0.393. The zero-order chi connectivity index (χ0) is 22.0. The normalized spacial score (nSPS) is 11.1. The molecule has 0 aliphatic heterocycles. The van der Waals surface area contributed by atoms with Crippen LogP contribution < -0.4 is 10.9 Å². The number of nitro benzene ring substituents is 1. The van der Waals surface area contributed by atoms with Gasteiger partial charge in [-0.25, -0.2) is 0 Å². The Hall–Kier alpha value is -4.00. The van der Waals surface area contributed by atoms with Gasteiger partial charge in [-0.05, 0) is 24.1 Å². The number of anilines is 1. The molecule has 156 valence electrons. The first-order chi connectivity index (χ1) is 15.0. The largest absolute Gasteiger partial charge is 0.385 e. The van der Waals surface area contributed by atoms with Crippen molar-refractivity contribution < 1.29 is 4.92 Å². The molecule has 7 nitrogen and oxygen atoms in total. The number of aromatic nitrogens is 2. The summed E-state index contributed by atoms with van der Waals surface area (Å²) >= 11 is 0. The molecule has 7 heteroatoms. The highest BCUT2D eigenvalue weighted by molar-refractivity contribution is 5.94. The Morgan fingerprint density at radius 2 is 1.68 bits per heavy atom. The molecule has 4 rings (SSSR count). The van der Waals surface area contributed by atoms with Gasteiger partial charge in [-0.15, -0.1) is 0 Å². The molecule has 0 bridgehead atoms. The fraction of sp³-hybridized carbons (Fsp3) is 0.167. The Morgan fingerprint density at radius 1 is 1.00 bits per heavy atom. The summed E-state index contributed by atoms with van der Waals surface area (Å²) in [6.07, 6.45) is 0. The number of rotatable bonds is 6. The number of benzene rings is 3. The van der Waals surface area contributed by atoms with Crippen LogP contribution in [0.5, 0.6) is 0 Å². The summed E-state index contributed by atoms with van der Waals surface area (Å²) in [5.41, 5.74) is 1.65. The van der Waals surface area contributed by atoms with Gasteiger partial charge in [0.15, 0.2) is 0 Å². The Morgan fingerprint density at radius 3 is 2.35 bits per heavy atom. The van der Waals surface area contributed by atoms with Crippen LogP contribution in [0.2, 0.25) is 0 Å². The first-order valence-corrected chi connectivity index (χ1v) is 10.1. The minimum absolute atomic E-state index is 0.131. The standard InChI is InChI=1S/C24H22N4O3/c1-16(2)15-25-18-12-13-21(28(30)31)22(14-18)27-24(29)20-11-7-6-10-19(20)23(26-27)17-8-4-3-5-9-17/h3-14,16,25H,15H2,1-2H3. The summed E-state index contributed by atoms with van der Waals surface area (Å²) < 4.78 is 1.14. The predicted molar refractivity (Wildman–Crippen MR) is 123 cm³/mol. The van der Waals surface area contributed by atoms with E-state index in [0.29, 0.717) is 34.6 Å². The number of hydrogen-bond donors (Lipinski definition) is 1. The summed E-state index contributed by atoms with van der Waals surface area (Å²) in [6, 6.07) is 21.3. The van der Waals surface area contributed by atoms with E-state index in [1.54, 1.807) is 24.3 Å². The SMILES string of the molecule is CC(C)CNc1ccc([N+](=O)[O-])c(-n2nc(-c3ccccc3)c3ccccc3c2=O)c1. The van der Waals surface area contributed by atoms with Gasteiger partial charge in [0, 0.05) is 29.2 Å². The van der Waals surface area contributed by atoms with Crippen LogP contribution in [0.4, 0.5) is 11.4 Å².